The van der Waals surface area contributed by atoms with Gasteiger partial charge in [0.1, 0.15) is 16.9 Å². The second kappa shape index (κ2) is 10.1. The van der Waals surface area contributed by atoms with Crippen LogP contribution in [0.5, 0.6) is 0 Å². The van der Waals surface area contributed by atoms with Crippen LogP contribution in [0.3, 0.4) is 0 Å². The van der Waals surface area contributed by atoms with Gasteiger partial charge >= 0.3 is 5.69 Å². The molecule has 1 fully saturated rings. The summed E-state index contributed by atoms with van der Waals surface area (Å²) >= 11 is 0. The number of carbonyl (C=O) groups excluding carboxylic acids is 1. The lowest BCUT2D eigenvalue weighted by Gasteiger charge is -2.33. The monoisotopic (exact) mass is 514 g/mol. The van der Waals surface area contributed by atoms with Crippen LogP contribution in [0, 0.1) is 11.8 Å². The molecule has 1 aliphatic heterocycles. The standard InChI is InChI=1S/C27H30N8O3/c1-4-5-13-34-23-22(21(24(36)29-2)25(34)33-12-6-7-18(28)16-33)32(3)27(38)35(26(23)37)15-17-8-9-19-20(14-17)31-11-10-30-19/h8-11,14,18H,6-7,12-13,15-16,28H2,1-3H3,(H,29,36)/t18-/m1/s1. The molecule has 11 nitrogen and oxygen atoms in total. The zero-order chi connectivity index (χ0) is 27.0. The molecular weight excluding hydrogens is 484 g/mol. The molecule has 1 saturated heterocycles. The number of piperidine rings is 1. The smallest absolute Gasteiger partial charge is 0.331 e. The van der Waals surface area contributed by atoms with E-state index in [9.17, 15) is 14.4 Å². The SMILES string of the molecule is CC#CCn1c(N2CCC[C@@H](N)C2)c(C(=O)NC)c2c1c(=O)n(Cc1ccc3nccnc3c1)c(=O)n2C. The number of carbonyl (C=O) groups is 1. The molecule has 1 amide bonds. The highest BCUT2D eigenvalue weighted by atomic mass is 16.2. The van der Waals surface area contributed by atoms with Crippen LogP contribution in [0.15, 0.2) is 40.2 Å². The fourth-order valence-corrected chi connectivity index (χ4v) is 5.23. The Morgan fingerprint density at radius 1 is 1.16 bits per heavy atom. The number of benzene rings is 1. The van der Waals surface area contributed by atoms with Crippen LogP contribution < -0.4 is 27.2 Å². The summed E-state index contributed by atoms with van der Waals surface area (Å²) in [5.74, 6) is 6.10. The molecule has 1 aromatic carbocycles. The number of fused-ring (bicyclic) bond motifs is 2. The van der Waals surface area contributed by atoms with Gasteiger partial charge in [0, 0.05) is 45.6 Å². The van der Waals surface area contributed by atoms with Crippen molar-refractivity contribution in [3.05, 3.63) is 62.6 Å². The summed E-state index contributed by atoms with van der Waals surface area (Å²) in [4.78, 5) is 51.6. The molecule has 0 aliphatic carbocycles. The van der Waals surface area contributed by atoms with Gasteiger partial charge in [-0.2, -0.15) is 0 Å². The minimum absolute atomic E-state index is 0.0395. The third kappa shape index (κ3) is 4.22. The van der Waals surface area contributed by atoms with E-state index < -0.39 is 11.2 Å². The molecule has 3 N–H and O–H groups in total. The maximum absolute atomic E-state index is 14.1. The molecule has 0 radical (unpaired) electrons. The quantitative estimate of drug-likeness (QED) is 0.377. The van der Waals surface area contributed by atoms with Crippen LogP contribution in [-0.2, 0) is 20.1 Å². The van der Waals surface area contributed by atoms with Crippen molar-refractivity contribution in [2.24, 2.45) is 12.8 Å². The molecule has 4 heterocycles. The van der Waals surface area contributed by atoms with E-state index in [1.54, 1.807) is 30.9 Å². The number of amides is 1. The van der Waals surface area contributed by atoms with Gasteiger partial charge in [-0.15, -0.1) is 5.92 Å². The molecule has 4 aromatic rings. The van der Waals surface area contributed by atoms with Crippen LogP contribution in [0.2, 0.25) is 0 Å². The number of nitrogens with one attached hydrogen (secondary N) is 1. The van der Waals surface area contributed by atoms with Crippen LogP contribution in [0.25, 0.3) is 22.1 Å². The second-order valence-electron chi connectivity index (χ2n) is 9.45. The summed E-state index contributed by atoms with van der Waals surface area (Å²) in [6.45, 7) is 3.15. The first-order chi connectivity index (χ1) is 18.3. The maximum Gasteiger partial charge on any atom is 0.331 e. The van der Waals surface area contributed by atoms with Crippen molar-refractivity contribution < 1.29 is 4.79 Å². The van der Waals surface area contributed by atoms with E-state index in [1.165, 1.54) is 16.2 Å². The summed E-state index contributed by atoms with van der Waals surface area (Å²) in [7, 11) is 3.12. The molecule has 38 heavy (non-hydrogen) atoms. The molecule has 11 heteroatoms. The minimum Gasteiger partial charge on any atom is -0.356 e. The van der Waals surface area contributed by atoms with E-state index in [2.05, 4.69) is 27.1 Å². The van der Waals surface area contributed by atoms with Crippen molar-refractivity contribution >= 4 is 33.8 Å². The van der Waals surface area contributed by atoms with Gasteiger partial charge in [-0.25, -0.2) is 4.79 Å². The van der Waals surface area contributed by atoms with Gasteiger partial charge in [0.15, 0.2) is 0 Å². The number of hydrogen-bond donors (Lipinski definition) is 2. The average molecular weight is 515 g/mol. The summed E-state index contributed by atoms with van der Waals surface area (Å²) < 4.78 is 4.33. The number of aromatic nitrogens is 5. The molecular formula is C27H30N8O3. The Bertz CT molecular complexity index is 1740. The van der Waals surface area contributed by atoms with Crippen molar-refractivity contribution in [1.29, 1.82) is 0 Å². The lowest BCUT2D eigenvalue weighted by atomic mass is 10.1. The number of aryl methyl sites for hydroxylation is 1. The Kier molecular flexibility index (Phi) is 6.73. The van der Waals surface area contributed by atoms with Crippen molar-refractivity contribution in [1.82, 2.24) is 29.0 Å². The highest BCUT2D eigenvalue weighted by Crippen LogP contribution is 2.32. The van der Waals surface area contributed by atoms with Gasteiger partial charge in [0.2, 0.25) is 0 Å². The highest BCUT2D eigenvalue weighted by Gasteiger charge is 2.32. The summed E-state index contributed by atoms with van der Waals surface area (Å²) in [5, 5.41) is 2.69. The van der Waals surface area contributed by atoms with Crippen LogP contribution in [-0.4, -0.2) is 55.8 Å². The number of anilines is 1. The highest BCUT2D eigenvalue weighted by molar-refractivity contribution is 6.11. The minimum atomic E-state index is -0.521. The van der Waals surface area contributed by atoms with E-state index in [4.69, 9.17) is 5.73 Å². The molecule has 196 valence electrons. The van der Waals surface area contributed by atoms with Gasteiger partial charge in [-0.05, 0) is 37.5 Å². The fraction of sp³-hybridized carbons (Fsp3) is 0.370. The maximum atomic E-state index is 14.1. The molecule has 3 aromatic heterocycles. The number of nitrogens with two attached hydrogens (primary N) is 1. The second-order valence-corrected chi connectivity index (χ2v) is 9.45. The first-order valence-corrected chi connectivity index (χ1v) is 12.5. The molecule has 0 saturated carbocycles. The van der Waals surface area contributed by atoms with E-state index in [1.807, 2.05) is 23.1 Å². The van der Waals surface area contributed by atoms with Crippen molar-refractivity contribution in [3.63, 3.8) is 0 Å². The third-order valence-corrected chi connectivity index (χ3v) is 7.01. The van der Waals surface area contributed by atoms with Gasteiger partial charge < -0.3 is 20.5 Å². The summed E-state index contributed by atoms with van der Waals surface area (Å²) in [6.07, 6.45) is 4.94. The van der Waals surface area contributed by atoms with Crippen LogP contribution >= 0.6 is 0 Å². The predicted molar refractivity (Wildman–Crippen MR) is 146 cm³/mol. The molecule has 1 aliphatic rings. The van der Waals surface area contributed by atoms with E-state index >= 15 is 0 Å². The van der Waals surface area contributed by atoms with E-state index in [0.717, 1.165) is 23.9 Å². The zero-order valence-corrected chi connectivity index (χ0v) is 21.7. The van der Waals surface area contributed by atoms with Gasteiger partial charge in [-0.3, -0.25) is 28.7 Å². The van der Waals surface area contributed by atoms with Crippen molar-refractivity contribution in [2.75, 3.05) is 25.0 Å². The van der Waals surface area contributed by atoms with E-state index in [0.29, 0.717) is 24.4 Å². The first kappa shape index (κ1) is 25.2. The Morgan fingerprint density at radius 3 is 2.63 bits per heavy atom. The Balaban J connectivity index is 1.79. The van der Waals surface area contributed by atoms with Crippen molar-refractivity contribution in [2.45, 2.75) is 38.9 Å². The lowest BCUT2D eigenvalue weighted by Crippen LogP contribution is -2.44. The van der Waals surface area contributed by atoms with Crippen molar-refractivity contribution in [3.8, 4) is 11.8 Å². The Hall–Kier alpha value is -4.43. The van der Waals surface area contributed by atoms with Gasteiger partial charge in [0.05, 0.1) is 29.6 Å². The molecule has 0 unspecified atom stereocenters. The lowest BCUT2D eigenvalue weighted by molar-refractivity contribution is 0.0964. The summed E-state index contributed by atoms with van der Waals surface area (Å²) in [6, 6.07) is 5.38. The van der Waals surface area contributed by atoms with E-state index in [-0.39, 0.29) is 41.6 Å². The largest absolute Gasteiger partial charge is 0.356 e. The molecule has 0 spiro atoms. The molecule has 5 rings (SSSR count). The Morgan fingerprint density at radius 2 is 1.92 bits per heavy atom. The Labute approximate surface area is 218 Å². The van der Waals surface area contributed by atoms with Gasteiger partial charge in [0.25, 0.3) is 11.5 Å². The molecule has 0 bridgehead atoms. The average Bonchev–Trinajstić information content (AvgIpc) is 3.27. The fourth-order valence-electron chi connectivity index (χ4n) is 5.23. The predicted octanol–water partition coefficient (Wildman–Crippen LogP) is 0.804. The number of hydrogen-bond acceptors (Lipinski definition) is 7. The topological polar surface area (TPSA) is 133 Å². The molecule has 1 atom stereocenters. The van der Waals surface area contributed by atoms with Gasteiger partial charge in [-0.1, -0.05) is 12.0 Å². The number of nitrogens with zero attached hydrogens (tertiary/aromatic N) is 6. The zero-order valence-electron chi connectivity index (χ0n) is 21.7. The first-order valence-electron chi connectivity index (χ1n) is 12.5. The van der Waals surface area contributed by atoms with Crippen LogP contribution in [0.1, 0.15) is 35.7 Å². The van der Waals surface area contributed by atoms with Crippen LogP contribution in [0.4, 0.5) is 5.82 Å². The normalized spacial score (nSPS) is 15.5. The summed E-state index contributed by atoms with van der Waals surface area (Å²) in [5.41, 5.74) is 8.22. The number of rotatable bonds is 5. The third-order valence-electron chi connectivity index (χ3n) is 7.01.